The molecule has 0 aliphatic heterocycles. The fourth-order valence-corrected chi connectivity index (χ4v) is 2.00. The second-order valence-electron chi connectivity index (χ2n) is 3.78. The molecule has 0 fully saturated rings. The van der Waals surface area contributed by atoms with Gasteiger partial charge in [0.15, 0.2) is 0 Å². The third-order valence-corrected chi connectivity index (χ3v) is 3.07. The molecule has 1 heterocycles. The summed E-state index contributed by atoms with van der Waals surface area (Å²) < 4.78 is 5.79. The maximum atomic E-state index is 11.2. The minimum absolute atomic E-state index is 0.0661. The van der Waals surface area contributed by atoms with E-state index < -0.39 is 16.6 Å². The van der Waals surface area contributed by atoms with Crippen molar-refractivity contribution in [2.24, 2.45) is 0 Å². The van der Waals surface area contributed by atoms with E-state index in [0.717, 1.165) is 6.07 Å². The molecular formula is C12H6BrClN2O5. The van der Waals surface area contributed by atoms with E-state index in [2.05, 4.69) is 20.9 Å². The Kier molecular flexibility index (Phi) is 4.39. The standard InChI is InChI=1S/C12H6BrClN2O5/c13-6-1-2-10(8(3-6)12(17)18)21-11-9(16(19)20)4-7(14)5-15-11/h1-5H,(H,17,18). The highest BCUT2D eigenvalue weighted by atomic mass is 79.9. The molecule has 0 aliphatic carbocycles. The monoisotopic (exact) mass is 372 g/mol. The molecule has 21 heavy (non-hydrogen) atoms. The van der Waals surface area contributed by atoms with Crippen molar-refractivity contribution in [2.45, 2.75) is 0 Å². The van der Waals surface area contributed by atoms with Gasteiger partial charge >= 0.3 is 11.7 Å². The molecule has 1 aromatic heterocycles. The lowest BCUT2D eigenvalue weighted by atomic mass is 10.2. The van der Waals surface area contributed by atoms with Crippen LogP contribution in [0.1, 0.15) is 10.4 Å². The van der Waals surface area contributed by atoms with Crippen LogP contribution in [0.25, 0.3) is 0 Å². The first-order chi connectivity index (χ1) is 9.88. The van der Waals surface area contributed by atoms with Gasteiger partial charge in [-0.15, -0.1) is 0 Å². The number of hydrogen-bond donors (Lipinski definition) is 1. The van der Waals surface area contributed by atoms with Crippen LogP contribution < -0.4 is 4.74 Å². The molecule has 0 spiro atoms. The van der Waals surface area contributed by atoms with Crippen molar-refractivity contribution in [1.29, 1.82) is 0 Å². The number of halogens is 2. The zero-order chi connectivity index (χ0) is 15.6. The van der Waals surface area contributed by atoms with E-state index in [1.807, 2.05) is 0 Å². The first-order valence-electron chi connectivity index (χ1n) is 5.39. The number of pyridine rings is 1. The first kappa shape index (κ1) is 15.2. The summed E-state index contributed by atoms with van der Waals surface area (Å²) in [5.74, 6) is -1.64. The number of aromatic carboxylic acids is 1. The van der Waals surface area contributed by atoms with Crippen LogP contribution in [0.3, 0.4) is 0 Å². The topological polar surface area (TPSA) is 103 Å². The number of rotatable bonds is 4. The average Bonchev–Trinajstić information content (AvgIpc) is 2.42. The van der Waals surface area contributed by atoms with Crippen molar-refractivity contribution in [3.8, 4) is 11.6 Å². The highest BCUT2D eigenvalue weighted by Gasteiger charge is 2.21. The van der Waals surface area contributed by atoms with Crippen LogP contribution in [0.15, 0.2) is 34.9 Å². The Morgan fingerprint density at radius 1 is 1.43 bits per heavy atom. The van der Waals surface area contributed by atoms with Gasteiger partial charge < -0.3 is 9.84 Å². The summed E-state index contributed by atoms with van der Waals surface area (Å²) in [6.07, 6.45) is 1.17. The predicted octanol–water partition coefficient (Wildman–Crippen LogP) is 3.90. The van der Waals surface area contributed by atoms with Crippen LogP contribution in [0, 0.1) is 10.1 Å². The zero-order valence-electron chi connectivity index (χ0n) is 10.1. The lowest BCUT2D eigenvalue weighted by molar-refractivity contribution is -0.386. The van der Waals surface area contributed by atoms with Crippen molar-refractivity contribution in [3.05, 3.63) is 55.6 Å². The Bertz CT molecular complexity index is 676. The molecule has 0 saturated heterocycles. The fourth-order valence-electron chi connectivity index (χ4n) is 1.49. The number of carboxylic acids is 1. The largest absolute Gasteiger partial charge is 0.478 e. The molecule has 7 nitrogen and oxygen atoms in total. The molecule has 0 saturated carbocycles. The van der Waals surface area contributed by atoms with Crippen LogP contribution in [0.5, 0.6) is 11.6 Å². The van der Waals surface area contributed by atoms with Crippen molar-refractivity contribution in [1.82, 2.24) is 4.98 Å². The summed E-state index contributed by atoms with van der Waals surface area (Å²) in [5, 5.41) is 20.1. The number of ether oxygens (including phenoxy) is 1. The maximum Gasteiger partial charge on any atom is 0.339 e. The number of benzene rings is 1. The van der Waals surface area contributed by atoms with E-state index in [4.69, 9.17) is 21.4 Å². The summed E-state index contributed by atoms with van der Waals surface area (Å²) in [6, 6.07) is 5.31. The van der Waals surface area contributed by atoms with Crippen molar-refractivity contribution >= 4 is 39.2 Å². The molecule has 2 rings (SSSR count). The molecule has 9 heteroatoms. The zero-order valence-corrected chi connectivity index (χ0v) is 12.5. The van der Waals surface area contributed by atoms with E-state index >= 15 is 0 Å². The normalized spacial score (nSPS) is 10.2. The van der Waals surface area contributed by atoms with Gasteiger partial charge in [0.1, 0.15) is 11.3 Å². The van der Waals surface area contributed by atoms with E-state index in [-0.39, 0.29) is 22.2 Å². The van der Waals surface area contributed by atoms with E-state index in [1.54, 1.807) is 6.07 Å². The molecule has 0 radical (unpaired) electrons. The maximum absolute atomic E-state index is 11.2. The lowest BCUT2D eigenvalue weighted by Crippen LogP contribution is -2.02. The summed E-state index contributed by atoms with van der Waals surface area (Å²) in [5.41, 5.74) is -0.614. The number of carbonyl (C=O) groups is 1. The van der Waals surface area contributed by atoms with Gasteiger partial charge in [-0.1, -0.05) is 27.5 Å². The highest BCUT2D eigenvalue weighted by Crippen LogP contribution is 2.33. The number of aromatic nitrogens is 1. The first-order valence-corrected chi connectivity index (χ1v) is 6.56. The van der Waals surface area contributed by atoms with Crippen LogP contribution in [0.2, 0.25) is 5.02 Å². The Labute approximate surface area is 131 Å². The number of nitrogens with zero attached hydrogens (tertiary/aromatic N) is 2. The smallest absolute Gasteiger partial charge is 0.339 e. The molecule has 1 aromatic carbocycles. The van der Waals surface area contributed by atoms with Crippen LogP contribution >= 0.6 is 27.5 Å². The van der Waals surface area contributed by atoms with Crippen molar-refractivity contribution in [3.63, 3.8) is 0 Å². The predicted molar refractivity (Wildman–Crippen MR) is 77.1 cm³/mol. The Hall–Kier alpha value is -2.19. The van der Waals surface area contributed by atoms with Crippen LogP contribution in [-0.4, -0.2) is 21.0 Å². The molecule has 1 N–H and O–H groups in total. The quantitative estimate of drug-likeness (QED) is 0.644. The van der Waals surface area contributed by atoms with E-state index in [9.17, 15) is 14.9 Å². The minimum Gasteiger partial charge on any atom is -0.478 e. The van der Waals surface area contributed by atoms with E-state index in [0.29, 0.717) is 4.47 Å². The van der Waals surface area contributed by atoms with Gasteiger partial charge in [0.2, 0.25) is 0 Å². The molecule has 0 atom stereocenters. The third-order valence-electron chi connectivity index (χ3n) is 2.37. The fraction of sp³-hybridized carbons (Fsp3) is 0. The van der Waals surface area contributed by atoms with Gasteiger partial charge in [-0.3, -0.25) is 10.1 Å². The van der Waals surface area contributed by atoms with Crippen molar-refractivity contribution < 1.29 is 19.6 Å². The number of hydrogen-bond acceptors (Lipinski definition) is 5. The van der Waals surface area contributed by atoms with E-state index in [1.165, 1.54) is 18.3 Å². The molecule has 0 unspecified atom stereocenters. The molecular weight excluding hydrogens is 367 g/mol. The van der Waals surface area contributed by atoms with Crippen LogP contribution in [-0.2, 0) is 0 Å². The Morgan fingerprint density at radius 2 is 2.14 bits per heavy atom. The molecule has 108 valence electrons. The summed E-state index contributed by atoms with van der Waals surface area (Å²) >= 11 is 8.78. The average molecular weight is 374 g/mol. The highest BCUT2D eigenvalue weighted by molar-refractivity contribution is 9.10. The molecule has 0 aliphatic rings. The number of nitro groups is 1. The van der Waals surface area contributed by atoms with Crippen LogP contribution in [0.4, 0.5) is 5.69 Å². The summed E-state index contributed by atoms with van der Waals surface area (Å²) in [6.45, 7) is 0. The number of carboxylic acid groups (broad SMARTS) is 1. The second kappa shape index (κ2) is 6.06. The SMILES string of the molecule is O=C(O)c1cc(Br)ccc1Oc1ncc(Cl)cc1[N+](=O)[O-]. The summed E-state index contributed by atoms with van der Waals surface area (Å²) in [4.78, 5) is 25.1. The molecule has 0 bridgehead atoms. The molecule has 0 amide bonds. The van der Waals surface area contributed by atoms with Gasteiger partial charge in [0, 0.05) is 10.5 Å². The van der Waals surface area contributed by atoms with Gasteiger partial charge in [-0.25, -0.2) is 9.78 Å². The van der Waals surface area contributed by atoms with Gasteiger partial charge in [-0.2, -0.15) is 0 Å². The van der Waals surface area contributed by atoms with Crippen molar-refractivity contribution in [2.75, 3.05) is 0 Å². The minimum atomic E-state index is -1.23. The second-order valence-corrected chi connectivity index (χ2v) is 5.13. The molecule has 2 aromatic rings. The van der Waals surface area contributed by atoms with Gasteiger partial charge in [0.25, 0.3) is 5.88 Å². The Morgan fingerprint density at radius 3 is 2.76 bits per heavy atom. The lowest BCUT2D eigenvalue weighted by Gasteiger charge is -2.08. The van der Waals surface area contributed by atoms with Gasteiger partial charge in [-0.05, 0) is 18.2 Å². The van der Waals surface area contributed by atoms with Gasteiger partial charge in [0.05, 0.1) is 16.1 Å². The Balaban J connectivity index is 2.48. The third kappa shape index (κ3) is 3.47. The summed E-state index contributed by atoms with van der Waals surface area (Å²) in [7, 11) is 0.